The highest BCUT2D eigenvalue weighted by Gasteiger charge is 2.37. The molecule has 186 valence electrons. The van der Waals surface area contributed by atoms with Crippen LogP contribution in [0.1, 0.15) is 58.1 Å². The number of rotatable bonds is 6. The second-order valence-electron chi connectivity index (χ2n) is 8.43. The molecule has 0 bridgehead atoms. The van der Waals surface area contributed by atoms with Crippen LogP contribution in [0.2, 0.25) is 0 Å². The van der Waals surface area contributed by atoms with Gasteiger partial charge in [-0.1, -0.05) is 30.3 Å². The Morgan fingerprint density at radius 1 is 0.667 bits per heavy atom. The number of nitriles is 2. The number of aromatic carboxylic acids is 1. The van der Waals surface area contributed by atoms with Crippen molar-refractivity contribution in [2.24, 2.45) is 0 Å². The number of hydrogen-bond acceptors (Lipinski definition) is 8. The number of carboxylic acids is 1. The van der Waals surface area contributed by atoms with Crippen LogP contribution in [0.4, 0.5) is 5.69 Å². The molecule has 0 N–H and O–H groups in total. The van der Waals surface area contributed by atoms with Crippen LogP contribution in [0.3, 0.4) is 0 Å². The lowest BCUT2D eigenvalue weighted by Gasteiger charge is -2.14. The van der Waals surface area contributed by atoms with Crippen LogP contribution in [-0.2, 0) is 0 Å². The van der Waals surface area contributed by atoms with Crippen molar-refractivity contribution in [1.82, 2.24) is 0 Å². The van der Waals surface area contributed by atoms with Gasteiger partial charge in [0.25, 0.3) is 11.8 Å². The predicted octanol–water partition coefficient (Wildman–Crippen LogP) is 3.62. The molecule has 9 heteroatoms. The van der Waals surface area contributed by atoms with Crippen molar-refractivity contribution in [3.8, 4) is 23.6 Å². The van der Waals surface area contributed by atoms with Gasteiger partial charge in [0.2, 0.25) is 0 Å². The van der Waals surface area contributed by atoms with E-state index < -0.39 is 23.6 Å². The molecule has 4 aromatic rings. The van der Waals surface area contributed by atoms with E-state index in [4.69, 9.17) is 10.00 Å². The fourth-order valence-corrected chi connectivity index (χ4v) is 4.12. The number of anilines is 1. The van der Waals surface area contributed by atoms with Gasteiger partial charge in [0.05, 0.1) is 33.9 Å². The number of hydrogen-bond donors (Lipinski definition) is 0. The molecule has 1 aliphatic heterocycles. The van der Waals surface area contributed by atoms with E-state index in [2.05, 4.69) is 0 Å². The van der Waals surface area contributed by atoms with Gasteiger partial charge >= 0.3 is 0 Å². The highest BCUT2D eigenvalue weighted by atomic mass is 16.5. The van der Waals surface area contributed by atoms with E-state index in [9.17, 15) is 29.5 Å². The number of imide groups is 1. The number of ether oxygens (including phenoxy) is 1. The smallest absolute Gasteiger partial charge is 0.266 e. The van der Waals surface area contributed by atoms with Gasteiger partial charge in [-0.15, -0.1) is 0 Å². The second-order valence-corrected chi connectivity index (χ2v) is 8.43. The third kappa shape index (κ3) is 4.48. The van der Waals surface area contributed by atoms with Gasteiger partial charge in [-0.2, -0.15) is 10.5 Å². The number of carbonyl (C=O) groups excluding carboxylic acids is 4. The molecule has 0 atom stereocenters. The minimum atomic E-state index is -1.36. The molecule has 1 heterocycles. The zero-order chi connectivity index (χ0) is 27.7. The largest absolute Gasteiger partial charge is 0.545 e. The minimum absolute atomic E-state index is 0.0687. The third-order valence-electron chi connectivity index (χ3n) is 6.09. The number of carboxylic acid groups (broad SMARTS) is 1. The molecule has 1 aliphatic rings. The molecule has 0 aromatic heterocycles. The SMILES string of the molecule is N#Cc1ccc(Oc2ccc(N3C(=O)c4ccc(C(=O)c5ccc(C(=O)[O-])cc5)cc4C3=O)cc2)cc1C#N. The van der Waals surface area contributed by atoms with Crippen molar-refractivity contribution >= 4 is 29.3 Å². The molecule has 0 aliphatic carbocycles. The molecule has 9 nitrogen and oxygen atoms in total. The molecule has 39 heavy (non-hydrogen) atoms. The van der Waals surface area contributed by atoms with E-state index in [0.29, 0.717) is 11.5 Å². The van der Waals surface area contributed by atoms with E-state index in [1.165, 1.54) is 66.7 Å². The Hall–Kier alpha value is -6.06. The first-order valence-electron chi connectivity index (χ1n) is 11.4. The van der Waals surface area contributed by atoms with Crippen LogP contribution >= 0.6 is 0 Å². The number of amides is 2. The van der Waals surface area contributed by atoms with Gasteiger partial charge in [-0.25, -0.2) is 4.90 Å². The molecule has 0 saturated heterocycles. The summed E-state index contributed by atoms with van der Waals surface area (Å²) in [5.74, 6) is -2.24. The summed E-state index contributed by atoms with van der Waals surface area (Å²) in [6.07, 6.45) is 0. The van der Waals surface area contributed by atoms with Gasteiger partial charge in [-0.3, -0.25) is 14.4 Å². The standard InChI is InChI=1S/C30H15N3O6/c31-15-20-5-9-24(13-21(20)16-32)39-23-10-7-22(8-11-23)33-28(35)25-12-6-19(14-26(25)29(33)36)27(34)17-1-3-18(4-2-17)30(37)38/h1-14H,(H,37,38)/p-1. The third-order valence-corrected chi connectivity index (χ3v) is 6.09. The molecule has 2 amide bonds. The Bertz CT molecular complexity index is 1780. The summed E-state index contributed by atoms with van der Waals surface area (Å²) in [7, 11) is 0. The fraction of sp³-hybridized carbons (Fsp3) is 0. The lowest BCUT2D eigenvalue weighted by molar-refractivity contribution is -0.255. The molecule has 0 spiro atoms. The average molecular weight is 512 g/mol. The van der Waals surface area contributed by atoms with E-state index in [1.807, 2.05) is 12.1 Å². The van der Waals surface area contributed by atoms with Crippen LogP contribution < -0.4 is 14.7 Å². The highest BCUT2D eigenvalue weighted by molar-refractivity contribution is 6.35. The van der Waals surface area contributed by atoms with Gasteiger partial charge in [0.15, 0.2) is 5.78 Å². The average Bonchev–Trinajstić information content (AvgIpc) is 3.21. The van der Waals surface area contributed by atoms with Crippen LogP contribution in [0, 0.1) is 22.7 Å². The van der Waals surface area contributed by atoms with Gasteiger partial charge in [-0.05, 0) is 60.2 Å². The van der Waals surface area contributed by atoms with Gasteiger partial charge < -0.3 is 14.6 Å². The summed E-state index contributed by atoms with van der Waals surface area (Å²) >= 11 is 0. The molecule has 0 saturated carbocycles. The van der Waals surface area contributed by atoms with E-state index >= 15 is 0 Å². The number of ketones is 1. The Kier molecular flexibility index (Phi) is 6.17. The molecule has 4 aromatic carbocycles. The lowest BCUT2D eigenvalue weighted by Crippen LogP contribution is -2.29. The molecule has 5 rings (SSSR count). The van der Waals surface area contributed by atoms with E-state index in [-0.39, 0.29) is 44.6 Å². The van der Waals surface area contributed by atoms with Gasteiger partial charge in [0.1, 0.15) is 23.6 Å². The molecular weight excluding hydrogens is 498 g/mol. The van der Waals surface area contributed by atoms with Crippen molar-refractivity contribution < 1.29 is 29.0 Å². The maximum Gasteiger partial charge on any atom is 0.266 e. The number of fused-ring (bicyclic) bond motifs is 1. The Labute approximate surface area is 221 Å². The Balaban J connectivity index is 1.36. The summed E-state index contributed by atoms with van der Waals surface area (Å²) in [6, 6.07) is 23.9. The fourth-order valence-electron chi connectivity index (χ4n) is 4.12. The second kappa shape index (κ2) is 9.77. The van der Waals surface area contributed by atoms with E-state index in [1.54, 1.807) is 18.2 Å². The number of nitrogens with zero attached hydrogens (tertiary/aromatic N) is 3. The first-order valence-corrected chi connectivity index (χ1v) is 11.4. The summed E-state index contributed by atoms with van der Waals surface area (Å²) in [4.78, 5) is 51.1. The maximum atomic E-state index is 13.2. The topological polar surface area (TPSA) is 151 Å². The first kappa shape index (κ1) is 24.6. The lowest BCUT2D eigenvalue weighted by atomic mass is 9.98. The molecule has 0 radical (unpaired) electrons. The zero-order valence-corrected chi connectivity index (χ0v) is 19.9. The molecule has 0 unspecified atom stereocenters. The minimum Gasteiger partial charge on any atom is -0.545 e. The number of benzene rings is 4. The first-order chi connectivity index (χ1) is 18.8. The molecule has 0 fully saturated rings. The normalized spacial score (nSPS) is 11.9. The quantitative estimate of drug-likeness (QED) is 0.281. The predicted molar refractivity (Wildman–Crippen MR) is 134 cm³/mol. The molecular formula is C30H14N3O6-. The Morgan fingerprint density at radius 2 is 1.26 bits per heavy atom. The Morgan fingerprint density at radius 3 is 1.90 bits per heavy atom. The van der Waals surface area contributed by atoms with Crippen molar-refractivity contribution in [3.05, 3.63) is 124 Å². The van der Waals surface area contributed by atoms with Crippen molar-refractivity contribution in [3.63, 3.8) is 0 Å². The summed E-state index contributed by atoms with van der Waals surface area (Å²) in [5.41, 5.74) is 1.21. The van der Waals surface area contributed by atoms with Crippen molar-refractivity contribution in [2.75, 3.05) is 4.90 Å². The van der Waals surface area contributed by atoms with Crippen LogP contribution in [0.5, 0.6) is 11.5 Å². The highest BCUT2D eigenvalue weighted by Crippen LogP contribution is 2.32. The van der Waals surface area contributed by atoms with Crippen LogP contribution in [0.15, 0.2) is 84.9 Å². The monoisotopic (exact) mass is 512 g/mol. The zero-order valence-electron chi connectivity index (χ0n) is 19.9. The van der Waals surface area contributed by atoms with Crippen LogP contribution in [-0.4, -0.2) is 23.6 Å². The van der Waals surface area contributed by atoms with E-state index in [0.717, 1.165) is 4.90 Å². The summed E-state index contributed by atoms with van der Waals surface area (Å²) in [6.45, 7) is 0. The summed E-state index contributed by atoms with van der Waals surface area (Å²) < 4.78 is 5.74. The summed E-state index contributed by atoms with van der Waals surface area (Å²) in [5, 5.41) is 29.2. The van der Waals surface area contributed by atoms with Crippen molar-refractivity contribution in [2.45, 2.75) is 0 Å². The van der Waals surface area contributed by atoms with Crippen LogP contribution in [0.25, 0.3) is 0 Å². The van der Waals surface area contributed by atoms with Crippen molar-refractivity contribution in [1.29, 1.82) is 10.5 Å². The van der Waals surface area contributed by atoms with Gasteiger partial charge in [0, 0.05) is 11.1 Å². The maximum absolute atomic E-state index is 13.2. The number of carbonyl (C=O) groups is 4.